The van der Waals surface area contributed by atoms with Crippen molar-refractivity contribution in [2.75, 3.05) is 7.11 Å². The van der Waals surface area contributed by atoms with Gasteiger partial charge in [-0.05, 0) is 46.9 Å². The van der Waals surface area contributed by atoms with Crippen molar-refractivity contribution in [1.29, 1.82) is 0 Å². The Morgan fingerprint density at radius 3 is 2.10 bits per heavy atom. The van der Waals surface area contributed by atoms with Gasteiger partial charge >= 0.3 is 5.97 Å². The molecule has 0 N–H and O–H groups in total. The normalized spacial score (nSPS) is 11.4. The standard InChI is InChI=1S/C27H26O4/c1-27(2,3)22-14-12-21(13-15-22)26(29)31-24-17-11-19(18-25(24)30-4)10-16-23(28)20-8-6-5-7-9-20/h5-18H,1-4H3/b16-10+. The first-order valence-corrected chi connectivity index (χ1v) is 10.1. The maximum atomic E-state index is 12.6. The summed E-state index contributed by atoms with van der Waals surface area (Å²) in [4.78, 5) is 24.8. The highest BCUT2D eigenvalue weighted by atomic mass is 16.6. The number of benzene rings is 3. The van der Waals surface area contributed by atoms with Gasteiger partial charge in [-0.3, -0.25) is 4.79 Å². The molecule has 0 radical (unpaired) electrons. The minimum Gasteiger partial charge on any atom is -0.493 e. The first-order valence-electron chi connectivity index (χ1n) is 10.1. The highest BCUT2D eigenvalue weighted by Crippen LogP contribution is 2.30. The van der Waals surface area contributed by atoms with E-state index in [2.05, 4.69) is 20.8 Å². The van der Waals surface area contributed by atoms with E-state index in [4.69, 9.17) is 9.47 Å². The van der Waals surface area contributed by atoms with E-state index < -0.39 is 5.97 Å². The molecule has 0 saturated heterocycles. The molecule has 0 saturated carbocycles. The van der Waals surface area contributed by atoms with Gasteiger partial charge in [0.05, 0.1) is 12.7 Å². The molecule has 0 amide bonds. The third kappa shape index (κ3) is 5.70. The molecule has 3 rings (SSSR count). The van der Waals surface area contributed by atoms with E-state index in [9.17, 15) is 9.59 Å². The van der Waals surface area contributed by atoms with Crippen molar-refractivity contribution in [2.45, 2.75) is 26.2 Å². The molecule has 0 unspecified atom stereocenters. The van der Waals surface area contributed by atoms with Gasteiger partial charge in [0, 0.05) is 5.56 Å². The van der Waals surface area contributed by atoms with Crippen LogP contribution in [0.1, 0.15) is 52.6 Å². The highest BCUT2D eigenvalue weighted by molar-refractivity contribution is 6.06. The average molecular weight is 415 g/mol. The first-order chi connectivity index (χ1) is 14.8. The van der Waals surface area contributed by atoms with E-state index in [0.717, 1.165) is 11.1 Å². The number of rotatable bonds is 6. The summed E-state index contributed by atoms with van der Waals surface area (Å²) in [7, 11) is 1.51. The molecule has 0 atom stereocenters. The van der Waals surface area contributed by atoms with Gasteiger partial charge in [-0.2, -0.15) is 0 Å². The van der Waals surface area contributed by atoms with E-state index in [1.165, 1.54) is 13.2 Å². The van der Waals surface area contributed by atoms with Gasteiger partial charge in [-0.25, -0.2) is 4.79 Å². The number of carbonyl (C=O) groups excluding carboxylic acids is 2. The fraction of sp³-hybridized carbons (Fsp3) is 0.185. The van der Waals surface area contributed by atoms with E-state index >= 15 is 0 Å². The molecule has 31 heavy (non-hydrogen) atoms. The Hall–Kier alpha value is -3.66. The van der Waals surface area contributed by atoms with Gasteiger partial charge < -0.3 is 9.47 Å². The average Bonchev–Trinajstić information content (AvgIpc) is 2.78. The molecule has 0 fully saturated rings. The largest absolute Gasteiger partial charge is 0.493 e. The number of methoxy groups -OCH3 is 1. The number of ketones is 1. The predicted octanol–water partition coefficient (Wildman–Crippen LogP) is 6.11. The van der Waals surface area contributed by atoms with Crippen LogP contribution in [0.3, 0.4) is 0 Å². The second-order valence-electron chi connectivity index (χ2n) is 8.19. The number of hydrogen-bond acceptors (Lipinski definition) is 4. The highest BCUT2D eigenvalue weighted by Gasteiger charge is 2.16. The van der Waals surface area contributed by atoms with Gasteiger partial charge in [0.25, 0.3) is 0 Å². The van der Waals surface area contributed by atoms with Crippen LogP contribution in [0.25, 0.3) is 6.08 Å². The summed E-state index contributed by atoms with van der Waals surface area (Å²) < 4.78 is 10.9. The molecule has 4 nitrogen and oxygen atoms in total. The molecule has 158 valence electrons. The minimum absolute atomic E-state index is 0.0108. The number of ether oxygens (including phenoxy) is 2. The second kappa shape index (κ2) is 9.43. The minimum atomic E-state index is -0.457. The number of allylic oxidation sites excluding steroid dienone is 1. The Morgan fingerprint density at radius 2 is 1.48 bits per heavy atom. The lowest BCUT2D eigenvalue weighted by atomic mass is 9.87. The molecule has 3 aromatic rings. The summed E-state index contributed by atoms with van der Waals surface area (Å²) in [5.74, 6) is 0.183. The summed E-state index contributed by atoms with van der Waals surface area (Å²) in [5.41, 5.74) is 3.00. The number of esters is 1. The maximum absolute atomic E-state index is 12.6. The Morgan fingerprint density at radius 1 is 0.806 bits per heavy atom. The van der Waals surface area contributed by atoms with Crippen molar-refractivity contribution in [1.82, 2.24) is 0 Å². The first kappa shape index (κ1) is 22.0. The zero-order valence-electron chi connectivity index (χ0n) is 18.2. The van der Waals surface area contributed by atoms with Gasteiger partial charge in [0.15, 0.2) is 17.3 Å². The monoisotopic (exact) mass is 414 g/mol. The molecular weight excluding hydrogens is 388 g/mol. The molecule has 0 aliphatic carbocycles. The van der Waals surface area contributed by atoms with Crippen molar-refractivity contribution in [3.05, 3.63) is 101 Å². The molecule has 3 aromatic carbocycles. The SMILES string of the molecule is COc1cc(/C=C/C(=O)c2ccccc2)ccc1OC(=O)c1ccc(C(C)(C)C)cc1. The quantitative estimate of drug-likeness (QED) is 0.211. The van der Waals surface area contributed by atoms with Crippen LogP contribution >= 0.6 is 0 Å². The Labute approximate surface area is 183 Å². The van der Waals surface area contributed by atoms with Crippen LogP contribution in [0, 0.1) is 0 Å². The van der Waals surface area contributed by atoms with Crippen LogP contribution in [0.4, 0.5) is 0 Å². The lowest BCUT2D eigenvalue weighted by molar-refractivity contribution is 0.0729. The zero-order valence-corrected chi connectivity index (χ0v) is 18.2. The lowest BCUT2D eigenvalue weighted by Gasteiger charge is -2.19. The fourth-order valence-corrected chi connectivity index (χ4v) is 3.01. The molecule has 0 aromatic heterocycles. The molecule has 4 heteroatoms. The van der Waals surface area contributed by atoms with Crippen LogP contribution in [-0.4, -0.2) is 18.9 Å². The lowest BCUT2D eigenvalue weighted by Crippen LogP contribution is -2.13. The van der Waals surface area contributed by atoms with Crippen molar-refractivity contribution in [3.63, 3.8) is 0 Å². The van der Waals surface area contributed by atoms with Crippen LogP contribution in [-0.2, 0) is 5.41 Å². The summed E-state index contributed by atoms with van der Waals surface area (Å²) in [6.45, 7) is 6.36. The van der Waals surface area contributed by atoms with E-state index in [-0.39, 0.29) is 11.2 Å². The van der Waals surface area contributed by atoms with Crippen LogP contribution in [0.5, 0.6) is 11.5 Å². The van der Waals surface area contributed by atoms with Gasteiger partial charge in [0.1, 0.15) is 0 Å². The molecule has 0 aliphatic heterocycles. The molecule has 0 spiro atoms. The van der Waals surface area contributed by atoms with Crippen molar-refractivity contribution < 1.29 is 19.1 Å². The van der Waals surface area contributed by atoms with Gasteiger partial charge in [-0.15, -0.1) is 0 Å². The number of carbonyl (C=O) groups is 2. The Bertz CT molecular complexity index is 1090. The molecule has 0 aliphatic rings. The van der Waals surface area contributed by atoms with Crippen LogP contribution in [0.2, 0.25) is 0 Å². The summed E-state index contributed by atoms with van der Waals surface area (Å²) in [5, 5.41) is 0. The van der Waals surface area contributed by atoms with Crippen molar-refractivity contribution >= 4 is 17.8 Å². The summed E-state index contributed by atoms with van der Waals surface area (Å²) in [6, 6.07) is 21.6. The molecular formula is C27H26O4. The Balaban J connectivity index is 1.73. The van der Waals surface area contributed by atoms with E-state index in [1.54, 1.807) is 48.5 Å². The zero-order chi connectivity index (χ0) is 22.4. The fourth-order valence-electron chi connectivity index (χ4n) is 3.01. The Kier molecular flexibility index (Phi) is 6.71. The van der Waals surface area contributed by atoms with E-state index in [0.29, 0.717) is 22.6 Å². The topological polar surface area (TPSA) is 52.6 Å². The molecule has 0 bridgehead atoms. The maximum Gasteiger partial charge on any atom is 0.343 e. The van der Waals surface area contributed by atoms with Crippen molar-refractivity contribution in [3.8, 4) is 11.5 Å². The van der Waals surface area contributed by atoms with Crippen LogP contribution in [0.15, 0.2) is 78.9 Å². The smallest absolute Gasteiger partial charge is 0.343 e. The summed E-state index contributed by atoms with van der Waals surface area (Å²) >= 11 is 0. The molecule has 0 heterocycles. The van der Waals surface area contributed by atoms with Gasteiger partial charge in [0.2, 0.25) is 0 Å². The third-order valence-electron chi connectivity index (χ3n) is 4.86. The van der Waals surface area contributed by atoms with Crippen molar-refractivity contribution in [2.24, 2.45) is 0 Å². The predicted molar refractivity (Wildman–Crippen MR) is 123 cm³/mol. The second-order valence-corrected chi connectivity index (χ2v) is 8.19. The number of hydrogen-bond donors (Lipinski definition) is 0. The summed E-state index contributed by atoms with van der Waals surface area (Å²) in [6.07, 6.45) is 3.21. The third-order valence-corrected chi connectivity index (χ3v) is 4.86. The van der Waals surface area contributed by atoms with E-state index in [1.807, 2.05) is 30.3 Å². The van der Waals surface area contributed by atoms with Crippen LogP contribution < -0.4 is 9.47 Å². The van der Waals surface area contributed by atoms with Gasteiger partial charge in [-0.1, -0.05) is 75.4 Å².